The van der Waals surface area contributed by atoms with Gasteiger partial charge in [0.25, 0.3) is 0 Å². The zero-order chi connectivity index (χ0) is 13.8. The number of ether oxygens (including phenoxy) is 1. The number of benzene rings is 1. The van der Waals surface area contributed by atoms with Crippen LogP contribution in [0.5, 0.6) is 5.75 Å². The predicted molar refractivity (Wildman–Crippen MR) is 79.9 cm³/mol. The highest BCUT2D eigenvalue weighted by Gasteiger charge is 2.13. The molecule has 0 aliphatic heterocycles. The standard InChI is InChI=1S/C14H17ClN2OS/c1-3-12-14(9(2)16)19-13(17-12)8-18-11-6-4-10(15)5-7-11/h4-7,9H,3,8,16H2,1-2H3. The molecule has 0 amide bonds. The summed E-state index contributed by atoms with van der Waals surface area (Å²) in [4.78, 5) is 5.72. The Labute approximate surface area is 122 Å². The minimum absolute atomic E-state index is 0.0248. The fourth-order valence-electron chi connectivity index (χ4n) is 1.76. The summed E-state index contributed by atoms with van der Waals surface area (Å²) in [5, 5.41) is 1.66. The lowest BCUT2D eigenvalue weighted by Crippen LogP contribution is -2.05. The minimum atomic E-state index is 0.0248. The van der Waals surface area contributed by atoms with E-state index in [-0.39, 0.29) is 6.04 Å². The van der Waals surface area contributed by atoms with Crippen molar-refractivity contribution in [2.75, 3.05) is 0 Å². The summed E-state index contributed by atoms with van der Waals surface area (Å²) >= 11 is 7.45. The normalized spacial score (nSPS) is 12.4. The van der Waals surface area contributed by atoms with Gasteiger partial charge in [0.15, 0.2) is 0 Å². The summed E-state index contributed by atoms with van der Waals surface area (Å²) in [5.74, 6) is 0.792. The average molecular weight is 297 g/mol. The first kappa shape index (κ1) is 14.3. The Balaban J connectivity index is 2.05. The van der Waals surface area contributed by atoms with Crippen LogP contribution in [0.15, 0.2) is 24.3 Å². The Bertz CT molecular complexity index is 537. The van der Waals surface area contributed by atoms with E-state index in [4.69, 9.17) is 22.1 Å². The van der Waals surface area contributed by atoms with Gasteiger partial charge in [-0.25, -0.2) is 4.98 Å². The summed E-state index contributed by atoms with van der Waals surface area (Å²) in [6.07, 6.45) is 0.897. The number of aromatic nitrogens is 1. The molecule has 2 N–H and O–H groups in total. The van der Waals surface area contributed by atoms with E-state index < -0.39 is 0 Å². The lowest BCUT2D eigenvalue weighted by Gasteiger charge is -2.03. The molecule has 0 fully saturated rings. The summed E-state index contributed by atoms with van der Waals surface area (Å²) in [7, 11) is 0. The van der Waals surface area contributed by atoms with Crippen LogP contribution in [0.25, 0.3) is 0 Å². The highest BCUT2D eigenvalue weighted by atomic mass is 35.5. The van der Waals surface area contributed by atoms with Gasteiger partial charge in [-0.3, -0.25) is 0 Å². The van der Waals surface area contributed by atoms with E-state index in [0.717, 1.165) is 27.7 Å². The predicted octanol–water partition coefficient (Wildman–Crippen LogP) is 3.96. The Morgan fingerprint density at radius 2 is 2.05 bits per heavy atom. The van der Waals surface area contributed by atoms with Gasteiger partial charge in [0.2, 0.25) is 0 Å². The Kier molecular flexibility index (Phi) is 4.80. The van der Waals surface area contributed by atoms with Crippen LogP contribution in [0, 0.1) is 0 Å². The zero-order valence-electron chi connectivity index (χ0n) is 11.0. The maximum atomic E-state index is 5.94. The van der Waals surface area contributed by atoms with Crippen molar-refractivity contribution in [3.63, 3.8) is 0 Å². The van der Waals surface area contributed by atoms with Gasteiger partial charge in [-0.05, 0) is 37.6 Å². The molecule has 0 saturated carbocycles. The molecule has 1 heterocycles. The number of aryl methyl sites for hydroxylation is 1. The first-order valence-corrected chi connectivity index (χ1v) is 7.42. The molecule has 1 atom stereocenters. The summed E-state index contributed by atoms with van der Waals surface area (Å²) in [6, 6.07) is 7.34. The van der Waals surface area contributed by atoms with E-state index in [0.29, 0.717) is 11.6 Å². The number of hydrogen-bond acceptors (Lipinski definition) is 4. The van der Waals surface area contributed by atoms with Crippen LogP contribution in [0.3, 0.4) is 0 Å². The van der Waals surface area contributed by atoms with Crippen LogP contribution >= 0.6 is 22.9 Å². The maximum Gasteiger partial charge on any atom is 0.140 e. The number of halogens is 1. The highest BCUT2D eigenvalue weighted by Crippen LogP contribution is 2.25. The number of thiazole rings is 1. The third kappa shape index (κ3) is 3.69. The molecule has 102 valence electrons. The van der Waals surface area contributed by atoms with Crippen molar-refractivity contribution in [1.29, 1.82) is 0 Å². The quantitative estimate of drug-likeness (QED) is 0.908. The number of nitrogens with two attached hydrogens (primary N) is 1. The van der Waals surface area contributed by atoms with E-state index in [1.165, 1.54) is 0 Å². The van der Waals surface area contributed by atoms with Gasteiger partial charge in [-0.2, -0.15) is 0 Å². The second-order valence-corrected chi connectivity index (χ2v) is 5.86. The van der Waals surface area contributed by atoms with Gasteiger partial charge in [-0.15, -0.1) is 11.3 Å². The van der Waals surface area contributed by atoms with E-state index >= 15 is 0 Å². The van der Waals surface area contributed by atoms with Crippen LogP contribution in [-0.2, 0) is 13.0 Å². The van der Waals surface area contributed by atoms with Crippen LogP contribution in [0.1, 0.15) is 35.5 Å². The molecule has 0 aliphatic carbocycles. The van der Waals surface area contributed by atoms with Crippen molar-refractivity contribution < 1.29 is 4.74 Å². The first-order valence-electron chi connectivity index (χ1n) is 6.22. The molecule has 0 aliphatic rings. The fraction of sp³-hybridized carbons (Fsp3) is 0.357. The molecule has 1 aromatic heterocycles. The Hall–Kier alpha value is -1.10. The van der Waals surface area contributed by atoms with Gasteiger partial charge < -0.3 is 10.5 Å². The van der Waals surface area contributed by atoms with Crippen molar-refractivity contribution >= 4 is 22.9 Å². The lowest BCUT2D eigenvalue weighted by atomic mass is 10.2. The summed E-state index contributed by atoms with van der Waals surface area (Å²) in [5.41, 5.74) is 7.02. The maximum absolute atomic E-state index is 5.94. The van der Waals surface area contributed by atoms with Gasteiger partial charge in [0.1, 0.15) is 17.4 Å². The van der Waals surface area contributed by atoms with E-state index in [2.05, 4.69) is 11.9 Å². The average Bonchev–Trinajstić information content (AvgIpc) is 2.81. The zero-order valence-corrected chi connectivity index (χ0v) is 12.6. The first-order chi connectivity index (χ1) is 9.10. The van der Waals surface area contributed by atoms with E-state index in [1.54, 1.807) is 11.3 Å². The SMILES string of the molecule is CCc1nc(COc2ccc(Cl)cc2)sc1C(C)N. The molecule has 0 saturated heterocycles. The largest absolute Gasteiger partial charge is 0.486 e. The van der Waals surface area contributed by atoms with Crippen molar-refractivity contribution in [3.8, 4) is 5.75 Å². The van der Waals surface area contributed by atoms with Crippen molar-refractivity contribution in [3.05, 3.63) is 44.9 Å². The third-order valence-electron chi connectivity index (χ3n) is 2.70. The molecule has 19 heavy (non-hydrogen) atoms. The third-order valence-corrected chi connectivity index (χ3v) is 4.22. The molecule has 1 aromatic carbocycles. The number of hydrogen-bond donors (Lipinski definition) is 1. The number of rotatable bonds is 5. The minimum Gasteiger partial charge on any atom is -0.486 e. The van der Waals surface area contributed by atoms with Gasteiger partial charge in [0.05, 0.1) is 5.69 Å². The van der Waals surface area contributed by atoms with Crippen LogP contribution < -0.4 is 10.5 Å². The second kappa shape index (κ2) is 6.37. The van der Waals surface area contributed by atoms with Gasteiger partial charge >= 0.3 is 0 Å². The van der Waals surface area contributed by atoms with Crippen LogP contribution in [-0.4, -0.2) is 4.98 Å². The molecule has 1 unspecified atom stereocenters. The molecular formula is C14H17ClN2OS. The van der Waals surface area contributed by atoms with Gasteiger partial charge in [0, 0.05) is 15.9 Å². The molecule has 0 radical (unpaired) electrons. The monoisotopic (exact) mass is 296 g/mol. The molecule has 5 heteroatoms. The molecular weight excluding hydrogens is 280 g/mol. The van der Waals surface area contributed by atoms with Crippen molar-refractivity contribution in [1.82, 2.24) is 4.98 Å². The fourth-order valence-corrected chi connectivity index (χ4v) is 2.91. The topological polar surface area (TPSA) is 48.1 Å². The van der Waals surface area contributed by atoms with E-state index in [9.17, 15) is 0 Å². The van der Waals surface area contributed by atoms with E-state index in [1.807, 2.05) is 31.2 Å². The van der Waals surface area contributed by atoms with Crippen molar-refractivity contribution in [2.24, 2.45) is 5.73 Å². The van der Waals surface area contributed by atoms with Crippen molar-refractivity contribution in [2.45, 2.75) is 32.9 Å². The highest BCUT2D eigenvalue weighted by molar-refractivity contribution is 7.11. The molecule has 0 bridgehead atoms. The number of nitrogens with zero attached hydrogens (tertiary/aromatic N) is 1. The Morgan fingerprint density at radius 1 is 1.37 bits per heavy atom. The van der Waals surface area contributed by atoms with Crippen LogP contribution in [0.2, 0.25) is 5.02 Å². The molecule has 2 rings (SSSR count). The summed E-state index contributed by atoms with van der Waals surface area (Å²) < 4.78 is 5.69. The smallest absolute Gasteiger partial charge is 0.140 e. The molecule has 2 aromatic rings. The van der Waals surface area contributed by atoms with Crippen LogP contribution in [0.4, 0.5) is 0 Å². The summed E-state index contributed by atoms with van der Waals surface area (Å²) in [6.45, 7) is 4.54. The lowest BCUT2D eigenvalue weighted by molar-refractivity contribution is 0.305. The van der Waals surface area contributed by atoms with Gasteiger partial charge in [-0.1, -0.05) is 18.5 Å². The second-order valence-electron chi connectivity index (χ2n) is 4.30. The molecule has 0 spiro atoms. The molecule has 3 nitrogen and oxygen atoms in total. The Morgan fingerprint density at radius 3 is 2.58 bits per heavy atom.